The third kappa shape index (κ3) is 2.28. The van der Waals surface area contributed by atoms with Crippen LogP contribution in [0.2, 0.25) is 0 Å². The van der Waals surface area contributed by atoms with Crippen LogP contribution >= 0.6 is 0 Å². The maximum absolute atomic E-state index is 12.7. The van der Waals surface area contributed by atoms with Gasteiger partial charge in [-0.2, -0.15) is 5.26 Å². The molecule has 0 radical (unpaired) electrons. The van der Waals surface area contributed by atoms with Crippen LogP contribution in [0.15, 0.2) is 23.1 Å². The lowest BCUT2D eigenvalue weighted by Crippen LogP contribution is -2.14. The number of primary sulfonamides is 1. The van der Waals surface area contributed by atoms with Crippen LogP contribution in [0.5, 0.6) is 0 Å². The lowest BCUT2D eigenvalue weighted by molar-refractivity contribution is 0.595. The molecule has 4 nitrogen and oxygen atoms in total. The number of nitriles is 1. The first-order chi connectivity index (χ1) is 6.45. The van der Waals surface area contributed by atoms with E-state index in [4.69, 9.17) is 10.4 Å². The molecule has 0 heterocycles. The Morgan fingerprint density at radius 1 is 1.50 bits per heavy atom. The van der Waals surface area contributed by atoms with Crippen LogP contribution < -0.4 is 5.14 Å². The minimum atomic E-state index is -3.89. The first-order valence-electron chi connectivity index (χ1n) is 3.63. The minimum Gasteiger partial charge on any atom is -0.225 e. The summed E-state index contributed by atoms with van der Waals surface area (Å²) in [5.41, 5.74) is 0.0787. The fourth-order valence-electron chi connectivity index (χ4n) is 1.05. The third-order valence-corrected chi connectivity index (χ3v) is 2.61. The fraction of sp³-hybridized carbons (Fsp3) is 0.125. The Bertz CT molecular complexity index is 491. The van der Waals surface area contributed by atoms with Gasteiger partial charge in [0.2, 0.25) is 10.0 Å². The van der Waals surface area contributed by atoms with Crippen molar-refractivity contribution in [3.05, 3.63) is 29.6 Å². The first-order valence-corrected chi connectivity index (χ1v) is 5.18. The summed E-state index contributed by atoms with van der Waals surface area (Å²) in [7, 11) is -3.89. The Kier molecular flexibility index (Phi) is 2.84. The predicted molar refractivity (Wildman–Crippen MR) is 47.1 cm³/mol. The van der Waals surface area contributed by atoms with Crippen molar-refractivity contribution in [1.82, 2.24) is 0 Å². The largest absolute Gasteiger partial charge is 0.238 e. The zero-order valence-electron chi connectivity index (χ0n) is 7.07. The molecule has 1 rings (SSSR count). The molecule has 0 fully saturated rings. The molecular weight excluding hydrogens is 207 g/mol. The second kappa shape index (κ2) is 3.74. The Morgan fingerprint density at radius 3 is 2.64 bits per heavy atom. The van der Waals surface area contributed by atoms with Crippen molar-refractivity contribution in [2.45, 2.75) is 11.3 Å². The van der Waals surface area contributed by atoms with E-state index in [1.54, 1.807) is 6.07 Å². The second-order valence-electron chi connectivity index (χ2n) is 2.63. The van der Waals surface area contributed by atoms with Gasteiger partial charge in [0.05, 0.1) is 17.4 Å². The van der Waals surface area contributed by atoms with Gasteiger partial charge in [0.25, 0.3) is 0 Å². The van der Waals surface area contributed by atoms with Crippen LogP contribution in [0, 0.1) is 17.1 Å². The quantitative estimate of drug-likeness (QED) is 0.779. The summed E-state index contributed by atoms with van der Waals surface area (Å²) >= 11 is 0. The molecule has 0 aromatic heterocycles. The van der Waals surface area contributed by atoms with E-state index in [9.17, 15) is 12.8 Å². The molecule has 0 amide bonds. The van der Waals surface area contributed by atoms with E-state index in [2.05, 4.69) is 0 Å². The molecule has 74 valence electrons. The number of nitrogens with two attached hydrogens (primary N) is 1. The zero-order chi connectivity index (χ0) is 10.8. The first kappa shape index (κ1) is 10.6. The molecule has 6 heteroatoms. The molecule has 0 unspecified atom stereocenters. The standard InChI is InChI=1S/C8H7FN2O2S/c9-7-1-2-8(14(11,12)13)6(5-7)3-4-10/h1-2,5H,3H2,(H2,11,12,13). The monoisotopic (exact) mass is 214 g/mol. The minimum absolute atomic E-state index is 0.0787. The lowest BCUT2D eigenvalue weighted by atomic mass is 10.2. The summed E-state index contributed by atoms with van der Waals surface area (Å²) in [6, 6.07) is 4.77. The Morgan fingerprint density at radius 2 is 2.14 bits per heavy atom. The van der Waals surface area contributed by atoms with E-state index >= 15 is 0 Å². The predicted octanol–water partition coefficient (Wildman–Crippen LogP) is 0.539. The number of nitrogens with zero attached hydrogens (tertiary/aromatic N) is 1. The average Bonchev–Trinajstić information content (AvgIpc) is 2.02. The van der Waals surface area contributed by atoms with Gasteiger partial charge in [-0.05, 0) is 23.8 Å². The van der Waals surface area contributed by atoms with Crippen LogP contribution in [-0.4, -0.2) is 8.42 Å². The molecule has 0 spiro atoms. The number of halogens is 1. The van der Waals surface area contributed by atoms with Crippen LogP contribution in [0.4, 0.5) is 4.39 Å². The van der Waals surface area contributed by atoms with Crippen LogP contribution in [0.1, 0.15) is 5.56 Å². The van der Waals surface area contributed by atoms with Gasteiger partial charge in [0.1, 0.15) is 5.82 Å². The molecule has 0 saturated heterocycles. The molecule has 0 aliphatic rings. The van der Waals surface area contributed by atoms with Gasteiger partial charge >= 0.3 is 0 Å². The van der Waals surface area contributed by atoms with E-state index in [-0.39, 0.29) is 16.9 Å². The molecule has 0 aliphatic heterocycles. The van der Waals surface area contributed by atoms with Crippen molar-refractivity contribution in [3.8, 4) is 6.07 Å². The summed E-state index contributed by atoms with van der Waals surface area (Å²) in [5.74, 6) is -0.595. The van der Waals surface area contributed by atoms with Gasteiger partial charge in [-0.25, -0.2) is 17.9 Å². The molecule has 2 N–H and O–H groups in total. The lowest BCUT2D eigenvalue weighted by Gasteiger charge is -2.03. The van der Waals surface area contributed by atoms with Gasteiger partial charge in [0.15, 0.2) is 0 Å². The Balaban J connectivity index is 3.38. The normalized spacial score (nSPS) is 10.9. The number of hydrogen-bond acceptors (Lipinski definition) is 3. The smallest absolute Gasteiger partial charge is 0.225 e. The Hall–Kier alpha value is -1.45. The van der Waals surface area contributed by atoms with Crippen molar-refractivity contribution in [2.24, 2.45) is 5.14 Å². The zero-order valence-corrected chi connectivity index (χ0v) is 7.88. The maximum atomic E-state index is 12.7. The fourth-order valence-corrected chi connectivity index (χ4v) is 1.80. The van der Waals surface area contributed by atoms with Gasteiger partial charge in [-0.15, -0.1) is 0 Å². The van der Waals surface area contributed by atoms with E-state index in [0.717, 1.165) is 18.2 Å². The van der Waals surface area contributed by atoms with Crippen LogP contribution in [0.25, 0.3) is 0 Å². The molecule has 0 aliphatic carbocycles. The average molecular weight is 214 g/mol. The van der Waals surface area contributed by atoms with Crippen molar-refractivity contribution in [1.29, 1.82) is 5.26 Å². The van der Waals surface area contributed by atoms with Crippen molar-refractivity contribution < 1.29 is 12.8 Å². The van der Waals surface area contributed by atoms with Crippen LogP contribution in [0.3, 0.4) is 0 Å². The van der Waals surface area contributed by atoms with E-state index in [0.29, 0.717) is 0 Å². The molecule has 1 aromatic rings. The third-order valence-electron chi connectivity index (χ3n) is 1.60. The SMILES string of the molecule is N#CCc1cc(F)ccc1S(N)(=O)=O. The van der Waals surface area contributed by atoms with Gasteiger partial charge in [0, 0.05) is 0 Å². The van der Waals surface area contributed by atoms with Gasteiger partial charge in [-0.3, -0.25) is 0 Å². The van der Waals surface area contributed by atoms with Crippen molar-refractivity contribution >= 4 is 10.0 Å². The van der Waals surface area contributed by atoms with Crippen molar-refractivity contribution in [3.63, 3.8) is 0 Å². The summed E-state index contributed by atoms with van der Waals surface area (Å²) in [6.07, 6.45) is -0.191. The highest BCUT2D eigenvalue weighted by Crippen LogP contribution is 2.15. The number of hydrogen-bond donors (Lipinski definition) is 1. The van der Waals surface area contributed by atoms with Crippen molar-refractivity contribution in [2.75, 3.05) is 0 Å². The molecule has 14 heavy (non-hydrogen) atoms. The Labute approximate surface area is 80.8 Å². The summed E-state index contributed by atoms with van der Waals surface area (Å²) in [6.45, 7) is 0. The molecular formula is C8H7FN2O2S. The molecule has 0 bridgehead atoms. The van der Waals surface area contributed by atoms with E-state index in [1.165, 1.54) is 0 Å². The number of rotatable bonds is 2. The molecule has 0 saturated carbocycles. The highest BCUT2D eigenvalue weighted by Gasteiger charge is 2.13. The highest BCUT2D eigenvalue weighted by atomic mass is 32.2. The van der Waals surface area contributed by atoms with Gasteiger partial charge in [-0.1, -0.05) is 0 Å². The molecule has 0 atom stereocenters. The highest BCUT2D eigenvalue weighted by molar-refractivity contribution is 7.89. The summed E-state index contributed by atoms with van der Waals surface area (Å²) < 4.78 is 34.7. The van der Waals surface area contributed by atoms with Crippen LogP contribution in [-0.2, 0) is 16.4 Å². The summed E-state index contributed by atoms with van der Waals surface area (Å²) in [5, 5.41) is 13.3. The van der Waals surface area contributed by atoms with Gasteiger partial charge < -0.3 is 0 Å². The maximum Gasteiger partial charge on any atom is 0.238 e. The summed E-state index contributed by atoms with van der Waals surface area (Å²) in [4.78, 5) is -0.208. The number of sulfonamides is 1. The number of benzene rings is 1. The molecule has 1 aromatic carbocycles. The second-order valence-corrected chi connectivity index (χ2v) is 4.16. The van der Waals surface area contributed by atoms with E-state index in [1.807, 2.05) is 0 Å². The topological polar surface area (TPSA) is 83.9 Å². The van der Waals surface area contributed by atoms with E-state index < -0.39 is 15.8 Å².